The first kappa shape index (κ1) is 12.3. The van der Waals surface area contributed by atoms with E-state index >= 15 is 0 Å². The van der Waals surface area contributed by atoms with Gasteiger partial charge in [-0.25, -0.2) is 0 Å². The van der Waals surface area contributed by atoms with Crippen LogP contribution in [0.1, 0.15) is 11.3 Å². The molecular formula is C15H12N2O3. The number of aromatic nitrogens is 1. The first-order valence-corrected chi connectivity index (χ1v) is 6.23. The molecule has 100 valence electrons. The standard InChI is InChI=1S/C15H12N2O3/c1-10-2-3-11(9-16)15(18)17(10)12-4-5-13-14(8-12)20-7-6-19-13/h2-5,8H,6-7H2,1H3. The van der Waals surface area contributed by atoms with Crippen molar-refractivity contribution in [3.63, 3.8) is 0 Å². The Labute approximate surface area is 115 Å². The van der Waals surface area contributed by atoms with Crippen LogP contribution in [0.3, 0.4) is 0 Å². The summed E-state index contributed by atoms with van der Waals surface area (Å²) in [5.74, 6) is 1.28. The number of benzene rings is 1. The molecule has 0 spiro atoms. The fourth-order valence-corrected chi connectivity index (χ4v) is 2.21. The number of nitriles is 1. The Balaban J connectivity index is 2.19. The van der Waals surface area contributed by atoms with Crippen LogP contribution in [-0.4, -0.2) is 17.8 Å². The van der Waals surface area contributed by atoms with E-state index in [9.17, 15) is 4.79 Å². The molecule has 20 heavy (non-hydrogen) atoms. The minimum atomic E-state index is -0.329. The molecule has 2 heterocycles. The third-order valence-corrected chi connectivity index (χ3v) is 3.18. The molecule has 1 aromatic carbocycles. The molecule has 0 atom stereocenters. The fraction of sp³-hybridized carbons (Fsp3) is 0.200. The Hall–Kier alpha value is -2.74. The molecule has 1 aliphatic heterocycles. The molecule has 0 N–H and O–H groups in total. The van der Waals surface area contributed by atoms with Crippen LogP contribution in [0.25, 0.3) is 5.69 Å². The first-order chi connectivity index (χ1) is 9.70. The second-order valence-corrected chi connectivity index (χ2v) is 4.47. The molecule has 5 heteroatoms. The number of hydrogen-bond acceptors (Lipinski definition) is 4. The van der Waals surface area contributed by atoms with Gasteiger partial charge in [0.25, 0.3) is 5.56 Å². The van der Waals surface area contributed by atoms with Crippen molar-refractivity contribution < 1.29 is 9.47 Å². The predicted molar refractivity (Wildman–Crippen MR) is 72.5 cm³/mol. The SMILES string of the molecule is Cc1ccc(C#N)c(=O)n1-c1ccc2c(c1)OCCO2. The van der Waals surface area contributed by atoms with E-state index in [0.29, 0.717) is 30.4 Å². The Kier molecular flexibility index (Phi) is 2.92. The summed E-state index contributed by atoms with van der Waals surface area (Å²) in [7, 11) is 0. The van der Waals surface area contributed by atoms with Crippen molar-refractivity contribution in [1.82, 2.24) is 4.57 Å². The molecule has 5 nitrogen and oxygen atoms in total. The van der Waals surface area contributed by atoms with Crippen LogP contribution < -0.4 is 15.0 Å². The maximum atomic E-state index is 12.3. The lowest BCUT2D eigenvalue weighted by atomic mass is 10.2. The fourth-order valence-electron chi connectivity index (χ4n) is 2.21. The van der Waals surface area contributed by atoms with E-state index in [1.807, 2.05) is 13.0 Å². The highest BCUT2D eigenvalue weighted by Gasteiger charge is 2.14. The van der Waals surface area contributed by atoms with Gasteiger partial charge in [0.1, 0.15) is 24.8 Å². The second-order valence-electron chi connectivity index (χ2n) is 4.47. The van der Waals surface area contributed by atoms with E-state index in [4.69, 9.17) is 14.7 Å². The van der Waals surface area contributed by atoms with Gasteiger partial charge in [-0.3, -0.25) is 9.36 Å². The lowest BCUT2D eigenvalue weighted by Crippen LogP contribution is -2.23. The van der Waals surface area contributed by atoms with Gasteiger partial charge in [0.05, 0.1) is 5.69 Å². The topological polar surface area (TPSA) is 64.2 Å². The molecule has 1 aliphatic rings. The van der Waals surface area contributed by atoms with Crippen molar-refractivity contribution in [3.8, 4) is 23.3 Å². The van der Waals surface area contributed by atoms with Gasteiger partial charge < -0.3 is 9.47 Å². The van der Waals surface area contributed by atoms with E-state index < -0.39 is 0 Å². The summed E-state index contributed by atoms with van der Waals surface area (Å²) in [5.41, 5.74) is 1.20. The van der Waals surface area contributed by atoms with Gasteiger partial charge in [-0.2, -0.15) is 5.26 Å². The molecule has 0 aliphatic carbocycles. The molecule has 1 aromatic heterocycles. The van der Waals surface area contributed by atoms with E-state index in [2.05, 4.69) is 0 Å². The van der Waals surface area contributed by atoms with Gasteiger partial charge in [0.2, 0.25) is 0 Å². The zero-order chi connectivity index (χ0) is 14.1. The van der Waals surface area contributed by atoms with Gasteiger partial charge in [0, 0.05) is 11.8 Å². The Morgan fingerprint density at radius 3 is 2.65 bits per heavy atom. The first-order valence-electron chi connectivity index (χ1n) is 6.23. The van der Waals surface area contributed by atoms with Crippen molar-refractivity contribution >= 4 is 0 Å². The summed E-state index contributed by atoms with van der Waals surface area (Å²) < 4.78 is 12.5. The Morgan fingerprint density at radius 2 is 1.90 bits per heavy atom. The molecule has 0 fully saturated rings. The summed E-state index contributed by atoms with van der Waals surface area (Å²) in [6, 6.07) is 10.5. The highest BCUT2D eigenvalue weighted by molar-refractivity contribution is 5.50. The van der Waals surface area contributed by atoms with Crippen LogP contribution in [-0.2, 0) is 0 Å². The van der Waals surface area contributed by atoms with Gasteiger partial charge in [-0.1, -0.05) is 0 Å². The molecule has 0 radical (unpaired) electrons. The zero-order valence-corrected chi connectivity index (χ0v) is 10.9. The molecule has 0 saturated heterocycles. The number of fused-ring (bicyclic) bond motifs is 1. The third kappa shape index (κ3) is 1.91. The van der Waals surface area contributed by atoms with E-state index in [0.717, 1.165) is 5.69 Å². The Morgan fingerprint density at radius 1 is 1.15 bits per heavy atom. The zero-order valence-electron chi connectivity index (χ0n) is 10.9. The van der Waals surface area contributed by atoms with Gasteiger partial charge in [0.15, 0.2) is 11.5 Å². The summed E-state index contributed by atoms with van der Waals surface area (Å²) >= 11 is 0. The lowest BCUT2D eigenvalue weighted by Gasteiger charge is -2.19. The van der Waals surface area contributed by atoms with Crippen LogP contribution in [0, 0.1) is 18.3 Å². The highest BCUT2D eigenvalue weighted by Crippen LogP contribution is 2.31. The van der Waals surface area contributed by atoms with Gasteiger partial charge in [-0.05, 0) is 31.2 Å². The maximum absolute atomic E-state index is 12.3. The molecule has 0 unspecified atom stereocenters. The highest BCUT2D eigenvalue weighted by atomic mass is 16.6. The molecular weight excluding hydrogens is 256 g/mol. The number of aryl methyl sites for hydroxylation is 1. The maximum Gasteiger partial charge on any atom is 0.273 e. The lowest BCUT2D eigenvalue weighted by molar-refractivity contribution is 0.171. The molecule has 2 aromatic rings. The van der Waals surface area contributed by atoms with E-state index in [-0.39, 0.29) is 11.1 Å². The number of hydrogen-bond donors (Lipinski definition) is 0. The van der Waals surface area contributed by atoms with Crippen LogP contribution in [0.2, 0.25) is 0 Å². The van der Waals surface area contributed by atoms with Crippen molar-refractivity contribution in [3.05, 3.63) is 51.9 Å². The van der Waals surface area contributed by atoms with Crippen molar-refractivity contribution in [2.24, 2.45) is 0 Å². The number of pyridine rings is 1. The molecule has 0 amide bonds. The van der Waals surface area contributed by atoms with Crippen molar-refractivity contribution in [2.45, 2.75) is 6.92 Å². The number of ether oxygens (including phenoxy) is 2. The van der Waals surface area contributed by atoms with Gasteiger partial charge >= 0.3 is 0 Å². The largest absolute Gasteiger partial charge is 0.486 e. The molecule has 0 saturated carbocycles. The molecule has 3 rings (SSSR count). The summed E-state index contributed by atoms with van der Waals surface area (Å²) in [6.45, 7) is 2.83. The minimum absolute atomic E-state index is 0.116. The van der Waals surface area contributed by atoms with Crippen LogP contribution in [0.15, 0.2) is 35.1 Å². The smallest absolute Gasteiger partial charge is 0.273 e. The summed E-state index contributed by atoms with van der Waals surface area (Å²) in [6.07, 6.45) is 0. The van der Waals surface area contributed by atoms with E-state index in [1.54, 1.807) is 24.3 Å². The van der Waals surface area contributed by atoms with Crippen LogP contribution in [0.5, 0.6) is 11.5 Å². The predicted octanol–water partition coefficient (Wildman–Crippen LogP) is 1.79. The summed E-state index contributed by atoms with van der Waals surface area (Å²) in [4.78, 5) is 12.3. The summed E-state index contributed by atoms with van der Waals surface area (Å²) in [5, 5.41) is 8.96. The van der Waals surface area contributed by atoms with Crippen LogP contribution >= 0.6 is 0 Å². The van der Waals surface area contributed by atoms with Gasteiger partial charge in [-0.15, -0.1) is 0 Å². The monoisotopic (exact) mass is 268 g/mol. The average molecular weight is 268 g/mol. The normalized spacial score (nSPS) is 12.8. The van der Waals surface area contributed by atoms with Crippen molar-refractivity contribution in [2.75, 3.05) is 13.2 Å². The third-order valence-electron chi connectivity index (χ3n) is 3.18. The minimum Gasteiger partial charge on any atom is -0.486 e. The Bertz CT molecular complexity index is 772. The number of rotatable bonds is 1. The quantitative estimate of drug-likeness (QED) is 0.791. The van der Waals surface area contributed by atoms with Crippen molar-refractivity contribution in [1.29, 1.82) is 5.26 Å². The molecule has 0 bridgehead atoms. The second kappa shape index (κ2) is 4.74. The average Bonchev–Trinajstić information content (AvgIpc) is 2.47. The number of nitrogens with zero attached hydrogens (tertiary/aromatic N) is 2. The van der Waals surface area contributed by atoms with E-state index in [1.165, 1.54) is 10.6 Å². The van der Waals surface area contributed by atoms with Crippen LogP contribution in [0.4, 0.5) is 0 Å².